The van der Waals surface area contributed by atoms with Crippen LogP contribution in [0, 0.1) is 15.9 Å². The highest BCUT2D eigenvalue weighted by molar-refractivity contribution is 7.90. The summed E-state index contributed by atoms with van der Waals surface area (Å²) in [7, 11) is -3.54. The zero-order chi connectivity index (χ0) is 17.2. The number of nitro benzene ring substituents is 1. The molecule has 0 heterocycles. The minimum atomic E-state index is -3.54. The Balaban J connectivity index is 2.28. The minimum absolute atomic E-state index is 0.0498. The summed E-state index contributed by atoms with van der Waals surface area (Å²) in [6.07, 6.45) is 0.972. The van der Waals surface area contributed by atoms with Crippen LogP contribution in [0.4, 0.5) is 15.8 Å². The van der Waals surface area contributed by atoms with Gasteiger partial charge >= 0.3 is 0 Å². The van der Waals surface area contributed by atoms with Crippen LogP contribution in [0.3, 0.4) is 0 Å². The second-order valence-electron chi connectivity index (χ2n) is 4.81. The van der Waals surface area contributed by atoms with Crippen LogP contribution in [-0.2, 0) is 16.4 Å². The molecule has 0 bridgehead atoms. The fourth-order valence-electron chi connectivity index (χ4n) is 1.89. The Hall–Kier alpha value is -2.19. The molecule has 9 heteroatoms. The van der Waals surface area contributed by atoms with E-state index >= 15 is 0 Å². The molecule has 23 heavy (non-hydrogen) atoms. The van der Waals surface area contributed by atoms with E-state index in [0.29, 0.717) is 5.56 Å². The maximum atomic E-state index is 13.1. The first-order valence-corrected chi connectivity index (χ1v) is 8.61. The third-order valence-corrected chi connectivity index (χ3v) is 4.46. The average molecular weight is 359 g/mol. The van der Waals surface area contributed by atoms with Crippen molar-refractivity contribution in [3.63, 3.8) is 0 Å². The molecule has 0 atom stereocenters. The SMILES string of the molecule is CS(=O)(=O)c1ccc(NCc2ccc(F)c(Cl)c2)c([N+](=O)[O-])c1. The van der Waals surface area contributed by atoms with Crippen molar-refractivity contribution in [2.45, 2.75) is 11.4 Å². The van der Waals surface area contributed by atoms with E-state index in [9.17, 15) is 22.9 Å². The summed E-state index contributed by atoms with van der Waals surface area (Å²) >= 11 is 5.67. The lowest BCUT2D eigenvalue weighted by Gasteiger charge is -2.09. The van der Waals surface area contributed by atoms with E-state index in [1.807, 2.05) is 0 Å². The predicted octanol–water partition coefficient (Wildman–Crippen LogP) is 3.40. The Bertz CT molecular complexity index is 871. The van der Waals surface area contributed by atoms with Crippen molar-refractivity contribution in [2.24, 2.45) is 0 Å². The first-order valence-electron chi connectivity index (χ1n) is 6.35. The lowest BCUT2D eigenvalue weighted by atomic mass is 10.2. The average Bonchev–Trinajstić information content (AvgIpc) is 2.47. The number of nitrogens with zero attached hydrogens (tertiary/aromatic N) is 1. The second-order valence-corrected chi connectivity index (χ2v) is 7.23. The molecule has 0 aromatic heterocycles. The highest BCUT2D eigenvalue weighted by Crippen LogP contribution is 2.28. The minimum Gasteiger partial charge on any atom is -0.375 e. The topological polar surface area (TPSA) is 89.3 Å². The van der Waals surface area contributed by atoms with E-state index in [4.69, 9.17) is 11.6 Å². The van der Waals surface area contributed by atoms with Gasteiger partial charge in [0, 0.05) is 18.9 Å². The molecule has 0 saturated heterocycles. The molecule has 2 rings (SSSR count). The Kier molecular flexibility index (Phi) is 4.86. The van der Waals surface area contributed by atoms with E-state index in [-0.39, 0.29) is 27.8 Å². The van der Waals surface area contributed by atoms with E-state index < -0.39 is 20.6 Å². The molecular formula is C14H12ClFN2O4S. The Morgan fingerprint density at radius 3 is 2.52 bits per heavy atom. The summed E-state index contributed by atoms with van der Waals surface area (Å²) in [6.45, 7) is 0.166. The molecule has 0 saturated carbocycles. The monoisotopic (exact) mass is 358 g/mol. The Morgan fingerprint density at radius 2 is 1.96 bits per heavy atom. The van der Waals surface area contributed by atoms with Gasteiger partial charge in [-0.1, -0.05) is 17.7 Å². The predicted molar refractivity (Wildman–Crippen MR) is 84.9 cm³/mol. The highest BCUT2D eigenvalue weighted by atomic mass is 35.5. The molecule has 2 aromatic carbocycles. The standard InChI is InChI=1S/C14H12ClFN2O4S/c1-23(21,22)10-3-5-13(14(7-10)18(19)20)17-8-9-2-4-12(16)11(15)6-9/h2-7,17H,8H2,1H3. The van der Waals surface area contributed by atoms with Crippen molar-refractivity contribution >= 4 is 32.8 Å². The summed E-state index contributed by atoms with van der Waals surface area (Å²) in [5.41, 5.74) is 0.418. The van der Waals surface area contributed by atoms with Crippen LogP contribution in [0.5, 0.6) is 0 Å². The summed E-state index contributed by atoms with van der Waals surface area (Å²) in [4.78, 5) is 10.3. The van der Waals surface area contributed by atoms with Crippen LogP contribution < -0.4 is 5.32 Å². The summed E-state index contributed by atoms with van der Waals surface area (Å²) in [6, 6.07) is 7.68. The number of hydrogen-bond donors (Lipinski definition) is 1. The maximum Gasteiger partial charge on any atom is 0.293 e. The number of anilines is 1. The van der Waals surface area contributed by atoms with Crippen molar-refractivity contribution < 1.29 is 17.7 Å². The molecule has 0 spiro atoms. The van der Waals surface area contributed by atoms with Crippen LogP contribution in [0.1, 0.15) is 5.56 Å². The van der Waals surface area contributed by atoms with Gasteiger partial charge in [-0.25, -0.2) is 12.8 Å². The maximum absolute atomic E-state index is 13.1. The molecule has 0 aliphatic rings. The van der Waals surface area contributed by atoms with Crippen LogP contribution in [-0.4, -0.2) is 19.6 Å². The van der Waals surface area contributed by atoms with Gasteiger partial charge in [-0.3, -0.25) is 10.1 Å². The van der Waals surface area contributed by atoms with Gasteiger partial charge in [0.15, 0.2) is 9.84 Å². The molecule has 0 aliphatic heterocycles. The summed E-state index contributed by atoms with van der Waals surface area (Å²) < 4.78 is 36.0. The molecule has 0 aliphatic carbocycles. The number of sulfone groups is 1. The molecule has 122 valence electrons. The van der Waals surface area contributed by atoms with Crippen molar-refractivity contribution in [1.29, 1.82) is 0 Å². The molecule has 0 amide bonds. The Morgan fingerprint density at radius 1 is 1.26 bits per heavy atom. The van der Waals surface area contributed by atoms with Gasteiger partial charge in [-0.2, -0.15) is 0 Å². The zero-order valence-corrected chi connectivity index (χ0v) is 13.5. The van der Waals surface area contributed by atoms with Gasteiger partial charge in [-0.05, 0) is 29.8 Å². The normalized spacial score (nSPS) is 11.3. The van der Waals surface area contributed by atoms with Gasteiger partial charge in [-0.15, -0.1) is 0 Å². The van der Waals surface area contributed by atoms with Crippen molar-refractivity contribution in [1.82, 2.24) is 0 Å². The molecule has 0 unspecified atom stereocenters. The van der Waals surface area contributed by atoms with Gasteiger partial charge < -0.3 is 5.32 Å². The van der Waals surface area contributed by atoms with Crippen molar-refractivity contribution in [3.8, 4) is 0 Å². The van der Waals surface area contributed by atoms with E-state index in [2.05, 4.69) is 5.32 Å². The number of halogens is 2. The summed E-state index contributed by atoms with van der Waals surface area (Å²) in [5.74, 6) is -0.557. The van der Waals surface area contributed by atoms with Crippen molar-refractivity contribution in [3.05, 3.63) is 62.9 Å². The number of hydrogen-bond acceptors (Lipinski definition) is 5. The van der Waals surface area contributed by atoms with Crippen LogP contribution >= 0.6 is 11.6 Å². The van der Waals surface area contributed by atoms with Crippen LogP contribution in [0.25, 0.3) is 0 Å². The van der Waals surface area contributed by atoms with Gasteiger partial charge in [0.25, 0.3) is 5.69 Å². The fraction of sp³-hybridized carbons (Fsp3) is 0.143. The molecular weight excluding hydrogens is 347 g/mol. The molecule has 0 fully saturated rings. The summed E-state index contributed by atoms with van der Waals surface area (Å²) in [5, 5.41) is 13.9. The molecule has 0 radical (unpaired) electrons. The lowest BCUT2D eigenvalue weighted by molar-refractivity contribution is -0.384. The van der Waals surface area contributed by atoms with Gasteiger partial charge in [0.2, 0.25) is 0 Å². The number of benzene rings is 2. The molecule has 1 N–H and O–H groups in total. The van der Waals surface area contributed by atoms with Crippen molar-refractivity contribution in [2.75, 3.05) is 11.6 Å². The molecule has 6 nitrogen and oxygen atoms in total. The largest absolute Gasteiger partial charge is 0.375 e. The molecule has 2 aromatic rings. The van der Waals surface area contributed by atoms with E-state index in [1.165, 1.54) is 30.3 Å². The van der Waals surface area contributed by atoms with Gasteiger partial charge in [0.1, 0.15) is 11.5 Å². The highest BCUT2D eigenvalue weighted by Gasteiger charge is 2.18. The first kappa shape index (κ1) is 17.2. The third-order valence-electron chi connectivity index (χ3n) is 3.06. The third kappa shape index (κ3) is 4.17. The number of rotatable bonds is 5. The quantitative estimate of drug-likeness (QED) is 0.653. The number of nitrogens with one attached hydrogen (secondary N) is 1. The zero-order valence-electron chi connectivity index (χ0n) is 11.9. The van der Waals surface area contributed by atoms with Crippen LogP contribution in [0.15, 0.2) is 41.3 Å². The number of nitro groups is 1. The van der Waals surface area contributed by atoms with E-state index in [1.54, 1.807) is 0 Å². The second kappa shape index (κ2) is 6.51. The Labute approximate surface area is 137 Å². The van der Waals surface area contributed by atoms with Gasteiger partial charge in [0.05, 0.1) is 14.8 Å². The first-order chi connectivity index (χ1) is 10.7. The smallest absolute Gasteiger partial charge is 0.293 e. The fourth-order valence-corrected chi connectivity index (χ4v) is 2.73. The lowest BCUT2D eigenvalue weighted by Crippen LogP contribution is -2.05. The van der Waals surface area contributed by atoms with Crippen LogP contribution in [0.2, 0.25) is 5.02 Å². The van der Waals surface area contributed by atoms with E-state index in [0.717, 1.165) is 12.3 Å².